The zero-order valence-corrected chi connectivity index (χ0v) is 18.2. The average molecular weight is 432 g/mol. The van der Waals surface area contributed by atoms with Crippen molar-refractivity contribution in [1.82, 2.24) is 4.57 Å². The third kappa shape index (κ3) is 1.81. The number of nitrogens with zero attached hydrogens (tertiary/aromatic N) is 2. The minimum atomic E-state index is 0.154. The lowest BCUT2D eigenvalue weighted by molar-refractivity contribution is 0.487. The predicted octanol–water partition coefficient (Wildman–Crippen LogP) is 5.50. The summed E-state index contributed by atoms with van der Waals surface area (Å²) in [6, 6.07) is 37.0. The number of fused-ring (bicyclic) bond motifs is 4. The molecule has 4 heterocycles. The second kappa shape index (κ2) is 5.73. The van der Waals surface area contributed by atoms with E-state index in [9.17, 15) is 0 Å². The summed E-state index contributed by atoms with van der Waals surface area (Å²) < 4.78 is 9.04. The van der Waals surface area contributed by atoms with Gasteiger partial charge in [0.1, 0.15) is 11.5 Å². The van der Waals surface area contributed by atoms with Gasteiger partial charge in [-0.05, 0) is 64.9 Å². The summed E-state index contributed by atoms with van der Waals surface area (Å²) in [6.07, 6.45) is 0. The molecule has 3 nitrogen and oxygen atoms in total. The largest absolute Gasteiger partial charge is 0.458 e. The van der Waals surface area contributed by atoms with Crippen molar-refractivity contribution in [2.75, 3.05) is 4.90 Å². The van der Waals surface area contributed by atoms with Gasteiger partial charge in [0.25, 0.3) is 6.71 Å². The Kier molecular flexibility index (Phi) is 2.88. The van der Waals surface area contributed by atoms with Crippen LogP contribution in [0.3, 0.4) is 0 Å². The normalized spacial score (nSPS) is 14.0. The van der Waals surface area contributed by atoms with Crippen LogP contribution in [0.2, 0.25) is 0 Å². The van der Waals surface area contributed by atoms with E-state index in [0.717, 1.165) is 17.2 Å². The number of rotatable bonds is 1. The maximum Gasteiger partial charge on any atom is 0.261 e. The second-order valence-corrected chi connectivity index (χ2v) is 9.33. The molecule has 0 N–H and O–H groups in total. The number of benzene rings is 5. The highest BCUT2D eigenvalue weighted by molar-refractivity contribution is 7.01. The van der Waals surface area contributed by atoms with Crippen LogP contribution in [-0.4, -0.2) is 11.3 Å². The van der Waals surface area contributed by atoms with Gasteiger partial charge in [-0.15, -0.1) is 0 Å². The fourth-order valence-electron chi connectivity index (χ4n) is 6.55. The summed E-state index contributed by atoms with van der Waals surface area (Å²) >= 11 is 0. The lowest BCUT2D eigenvalue weighted by atomic mass is 9.33. The van der Waals surface area contributed by atoms with Crippen LogP contribution in [0.5, 0.6) is 11.5 Å². The molecule has 5 aromatic carbocycles. The molecule has 4 heteroatoms. The minimum Gasteiger partial charge on any atom is -0.458 e. The summed E-state index contributed by atoms with van der Waals surface area (Å²) in [7, 11) is 0. The highest BCUT2D eigenvalue weighted by Crippen LogP contribution is 2.45. The summed E-state index contributed by atoms with van der Waals surface area (Å²) in [5.41, 5.74) is 11.3. The van der Waals surface area contributed by atoms with Gasteiger partial charge in [0, 0.05) is 33.5 Å². The van der Waals surface area contributed by atoms with Gasteiger partial charge in [-0.25, -0.2) is 0 Å². The van der Waals surface area contributed by atoms with Gasteiger partial charge in [0.2, 0.25) is 0 Å². The Morgan fingerprint density at radius 1 is 0.529 bits per heavy atom. The van der Waals surface area contributed by atoms with E-state index in [4.69, 9.17) is 4.74 Å². The number of hydrogen-bond acceptors (Lipinski definition) is 2. The third-order valence-corrected chi connectivity index (χ3v) is 7.76. The van der Waals surface area contributed by atoms with Crippen LogP contribution in [0.25, 0.3) is 27.5 Å². The molecule has 9 rings (SSSR count). The number of anilines is 3. The van der Waals surface area contributed by atoms with E-state index in [1.54, 1.807) is 0 Å². The Bertz CT molecular complexity index is 1850. The fourth-order valence-corrected chi connectivity index (χ4v) is 6.55. The number of ether oxygens (including phenoxy) is 1. The molecular weight excluding hydrogens is 415 g/mol. The second-order valence-electron chi connectivity index (χ2n) is 9.33. The van der Waals surface area contributed by atoms with Crippen LogP contribution in [0.4, 0.5) is 17.1 Å². The molecule has 0 atom stereocenters. The van der Waals surface area contributed by atoms with Crippen LogP contribution in [0, 0.1) is 0 Å². The average Bonchev–Trinajstić information content (AvgIpc) is 3.23. The van der Waals surface area contributed by atoms with Gasteiger partial charge < -0.3 is 14.2 Å². The van der Waals surface area contributed by atoms with E-state index in [1.807, 2.05) is 0 Å². The molecule has 0 bridgehead atoms. The Hall–Kier alpha value is -4.44. The summed E-state index contributed by atoms with van der Waals surface area (Å²) in [5.74, 6) is 1.92. The van der Waals surface area contributed by atoms with Crippen molar-refractivity contribution >= 4 is 62.0 Å². The van der Waals surface area contributed by atoms with E-state index >= 15 is 0 Å². The Balaban J connectivity index is 1.55. The predicted molar refractivity (Wildman–Crippen MR) is 140 cm³/mol. The first kappa shape index (κ1) is 17.1. The van der Waals surface area contributed by atoms with E-state index in [1.165, 1.54) is 55.3 Å². The molecule has 0 fully saturated rings. The fraction of sp³-hybridized carbons (Fsp3) is 0. The molecular formula is C30H17BN2O. The lowest BCUT2D eigenvalue weighted by Crippen LogP contribution is -2.62. The topological polar surface area (TPSA) is 17.4 Å². The van der Waals surface area contributed by atoms with Crippen molar-refractivity contribution in [3.63, 3.8) is 0 Å². The van der Waals surface area contributed by atoms with Crippen LogP contribution in [0.15, 0.2) is 103 Å². The third-order valence-electron chi connectivity index (χ3n) is 7.76. The maximum atomic E-state index is 6.58. The number of aromatic nitrogens is 1. The van der Waals surface area contributed by atoms with Gasteiger partial charge >= 0.3 is 0 Å². The van der Waals surface area contributed by atoms with Crippen LogP contribution in [0.1, 0.15) is 0 Å². The monoisotopic (exact) mass is 432 g/mol. The van der Waals surface area contributed by atoms with E-state index in [0.29, 0.717) is 0 Å². The molecule has 1 aromatic heterocycles. The Morgan fingerprint density at radius 2 is 1.24 bits per heavy atom. The first-order valence-corrected chi connectivity index (χ1v) is 11.8. The standard InChI is InChI=1S/C30H17BN2O/c1-2-8-18(9-3-1)32-22-12-6-14-25-27(22)31-28-23(13-7-15-26(28)34-25)33-21-11-5-4-10-19(21)20-16-17-24(32)29(31)30(20)33/h1-17H. The quantitative estimate of drug-likeness (QED) is 0.319. The minimum absolute atomic E-state index is 0.154. The maximum absolute atomic E-state index is 6.58. The van der Waals surface area contributed by atoms with Gasteiger partial charge in [-0.2, -0.15) is 0 Å². The smallest absolute Gasteiger partial charge is 0.261 e. The molecule has 34 heavy (non-hydrogen) atoms. The van der Waals surface area contributed by atoms with Crippen molar-refractivity contribution in [3.05, 3.63) is 103 Å². The zero-order chi connectivity index (χ0) is 22.0. The molecule has 0 aliphatic carbocycles. The molecule has 0 radical (unpaired) electrons. The number of hydrogen-bond donors (Lipinski definition) is 0. The van der Waals surface area contributed by atoms with Crippen LogP contribution in [-0.2, 0) is 0 Å². The molecule has 0 saturated carbocycles. The molecule has 0 unspecified atom stereocenters. The van der Waals surface area contributed by atoms with Crippen molar-refractivity contribution in [3.8, 4) is 17.2 Å². The van der Waals surface area contributed by atoms with Crippen molar-refractivity contribution < 1.29 is 4.74 Å². The molecule has 156 valence electrons. The first-order valence-electron chi connectivity index (χ1n) is 11.8. The van der Waals surface area contributed by atoms with E-state index < -0.39 is 0 Å². The molecule has 0 saturated heterocycles. The molecule has 0 spiro atoms. The first-order chi connectivity index (χ1) is 16.9. The van der Waals surface area contributed by atoms with Crippen molar-refractivity contribution in [2.24, 2.45) is 0 Å². The van der Waals surface area contributed by atoms with Crippen LogP contribution < -0.4 is 26.0 Å². The summed E-state index contributed by atoms with van der Waals surface area (Å²) in [4.78, 5) is 2.41. The van der Waals surface area contributed by atoms with Gasteiger partial charge in [0.05, 0.1) is 11.0 Å². The van der Waals surface area contributed by atoms with E-state index in [2.05, 4.69) is 113 Å². The van der Waals surface area contributed by atoms with Crippen molar-refractivity contribution in [2.45, 2.75) is 0 Å². The SMILES string of the molecule is c1ccc(N2c3cccc4c3B3c5c(cccc5-n5c6ccccc6c6ccc2c3c65)O4)cc1. The van der Waals surface area contributed by atoms with Crippen molar-refractivity contribution in [1.29, 1.82) is 0 Å². The highest BCUT2D eigenvalue weighted by Gasteiger charge is 2.47. The summed E-state index contributed by atoms with van der Waals surface area (Å²) in [5, 5.41) is 2.61. The Morgan fingerprint density at radius 3 is 2.09 bits per heavy atom. The zero-order valence-electron chi connectivity index (χ0n) is 18.2. The lowest BCUT2D eigenvalue weighted by Gasteiger charge is -2.42. The number of para-hydroxylation sites is 2. The molecule has 3 aliphatic rings. The Labute approximate surface area is 196 Å². The molecule has 0 amide bonds. The van der Waals surface area contributed by atoms with Gasteiger partial charge in [-0.1, -0.05) is 54.6 Å². The summed E-state index contributed by atoms with van der Waals surface area (Å²) in [6.45, 7) is 0.154. The van der Waals surface area contributed by atoms with E-state index in [-0.39, 0.29) is 6.71 Å². The van der Waals surface area contributed by atoms with Gasteiger partial charge in [0.15, 0.2) is 0 Å². The molecule has 6 aromatic rings. The van der Waals surface area contributed by atoms with Gasteiger partial charge in [-0.3, -0.25) is 0 Å². The molecule has 3 aliphatic heterocycles. The highest BCUT2D eigenvalue weighted by atomic mass is 16.5. The van der Waals surface area contributed by atoms with Crippen LogP contribution >= 0.6 is 0 Å².